The fraction of sp³-hybridized carbons (Fsp3) is 0.667. The molecule has 0 bridgehead atoms. The van der Waals surface area contributed by atoms with Crippen molar-refractivity contribution in [3.8, 4) is 0 Å². The maximum absolute atomic E-state index is 12.4. The second-order valence-corrected chi connectivity index (χ2v) is 9.36. The molecule has 0 saturated carbocycles. The number of benzene rings is 1. The highest BCUT2D eigenvalue weighted by atomic mass is 32.2. The Kier molecular flexibility index (Phi) is 9.90. The Morgan fingerprint density at radius 1 is 1.28 bits per heavy atom. The summed E-state index contributed by atoms with van der Waals surface area (Å²) in [6, 6.07) is 7.28. The van der Waals surface area contributed by atoms with Gasteiger partial charge in [-0.25, -0.2) is 13.1 Å². The van der Waals surface area contributed by atoms with Gasteiger partial charge >= 0.3 is 0 Å². The lowest BCUT2D eigenvalue weighted by Gasteiger charge is -2.18. The van der Waals surface area contributed by atoms with Crippen molar-refractivity contribution < 1.29 is 13.2 Å². The Morgan fingerprint density at radius 3 is 2.66 bits per heavy atom. The number of ether oxygens (including phenoxy) is 1. The predicted octanol–water partition coefficient (Wildman–Crippen LogP) is 2.78. The summed E-state index contributed by atoms with van der Waals surface area (Å²) < 4.78 is 33.0. The van der Waals surface area contributed by atoms with Gasteiger partial charge in [0.15, 0.2) is 5.96 Å². The van der Waals surface area contributed by atoms with Gasteiger partial charge in [-0.05, 0) is 43.9 Å². The third kappa shape index (κ3) is 8.32. The lowest BCUT2D eigenvalue weighted by Crippen LogP contribution is -2.41. The Bertz CT molecular complexity index is 729. The zero-order valence-electron chi connectivity index (χ0n) is 17.9. The van der Waals surface area contributed by atoms with Gasteiger partial charge in [-0.15, -0.1) is 0 Å². The standard InChI is InChI=1S/C21H36N4O3S/c1-4-5-6-8-17(2)25-21(22-3)23-15-18-10-12-20(13-11-18)29(26,27)24-16-19-9-7-14-28-19/h10-13,17,19,24H,4-9,14-16H2,1-3H3,(H2,22,23,25). The van der Waals surface area contributed by atoms with Crippen LogP contribution in [-0.4, -0.2) is 46.7 Å². The van der Waals surface area contributed by atoms with Gasteiger partial charge in [0.05, 0.1) is 11.0 Å². The van der Waals surface area contributed by atoms with Crippen LogP contribution in [0.4, 0.5) is 0 Å². The van der Waals surface area contributed by atoms with E-state index in [4.69, 9.17) is 4.74 Å². The molecule has 0 aliphatic carbocycles. The van der Waals surface area contributed by atoms with E-state index in [9.17, 15) is 8.42 Å². The molecule has 29 heavy (non-hydrogen) atoms. The van der Waals surface area contributed by atoms with Crippen LogP contribution in [0.3, 0.4) is 0 Å². The molecule has 7 nitrogen and oxygen atoms in total. The molecule has 0 amide bonds. The number of aliphatic imine (C=N–C) groups is 1. The van der Waals surface area contributed by atoms with Gasteiger partial charge in [-0.3, -0.25) is 4.99 Å². The molecule has 0 radical (unpaired) electrons. The van der Waals surface area contributed by atoms with Crippen LogP contribution in [-0.2, 0) is 21.3 Å². The van der Waals surface area contributed by atoms with E-state index < -0.39 is 10.0 Å². The first-order valence-corrected chi connectivity index (χ1v) is 12.1. The van der Waals surface area contributed by atoms with E-state index in [1.54, 1.807) is 19.2 Å². The van der Waals surface area contributed by atoms with Crippen molar-refractivity contribution in [2.24, 2.45) is 4.99 Å². The zero-order chi connectivity index (χ0) is 21.1. The minimum absolute atomic E-state index is 0.0168. The van der Waals surface area contributed by atoms with Crippen molar-refractivity contribution in [1.29, 1.82) is 0 Å². The normalized spacial score (nSPS) is 18.6. The highest BCUT2D eigenvalue weighted by Gasteiger charge is 2.20. The minimum Gasteiger partial charge on any atom is -0.377 e. The maximum Gasteiger partial charge on any atom is 0.240 e. The number of hydrogen-bond donors (Lipinski definition) is 3. The van der Waals surface area contributed by atoms with E-state index in [-0.39, 0.29) is 11.0 Å². The number of nitrogens with one attached hydrogen (secondary N) is 3. The van der Waals surface area contributed by atoms with Gasteiger partial charge in [0, 0.05) is 32.8 Å². The second-order valence-electron chi connectivity index (χ2n) is 7.60. The first-order valence-electron chi connectivity index (χ1n) is 10.6. The lowest BCUT2D eigenvalue weighted by atomic mass is 10.1. The smallest absolute Gasteiger partial charge is 0.240 e. The molecule has 1 fully saturated rings. The van der Waals surface area contributed by atoms with E-state index in [2.05, 4.69) is 34.2 Å². The molecular formula is C21H36N4O3S. The zero-order valence-corrected chi connectivity index (χ0v) is 18.7. The molecule has 1 aromatic rings. The van der Waals surface area contributed by atoms with Crippen LogP contribution in [0.1, 0.15) is 57.9 Å². The van der Waals surface area contributed by atoms with Crippen LogP contribution >= 0.6 is 0 Å². The molecule has 1 aliphatic heterocycles. The average molecular weight is 425 g/mol. The van der Waals surface area contributed by atoms with E-state index in [1.165, 1.54) is 19.3 Å². The molecular weight excluding hydrogens is 388 g/mol. The molecule has 1 heterocycles. The monoisotopic (exact) mass is 424 g/mol. The molecule has 1 aliphatic rings. The van der Waals surface area contributed by atoms with Crippen molar-refractivity contribution in [1.82, 2.24) is 15.4 Å². The van der Waals surface area contributed by atoms with E-state index in [0.717, 1.165) is 30.8 Å². The third-order valence-electron chi connectivity index (χ3n) is 5.07. The van der Waals surface area contributed by atoms with Gasteiger partial charge in [0.1, 0.15) is 0 Å². The number of unbranched alkanes of at least 4 members (excludes halogenated alkanes) is 2. The molecule has 2 unspecified atom stereocenters. The SMILES string of the molecule is CCCCCC(C)NC(=NC)NCc1ccc(S(=O)(=O)NCC2CCCO2)cc1. The Morgan fingerprint density at radius 2 is 2.03 bits per heavy atom. The van der Waals surface area contributed by atoms with Gasteiger partial charge in [0.2, 0.25) is 10.0 Å². The Hall–Kier alpha value is -1.64. The van der Waals surface area contributed by atoms with Crippen LogP contribution in [0, 0.1) is 0 Å². The van der Waals surface area contributed by atoms with Gasteiger partial charge in [-0.1, -0.05) is 38.3 Å². The molecule has 3 N–H and O–H groups in total. The molecule has 1 aromatic carbocycles. The topological polar surface area (TPSA) is 91.8 Å². The van der Waals surface area contributed by atoms with Crippen LogP contribution in [0.25, 0.3) is 0 Å². The summed E-state index contributed by atoms with van der Waals surface area (Å²) in [6.45, 7) is 5.97. The van der Waals surface area contributed by atoms with Crippen LogP contribution in [0.5, 0.6) is 0 Å². The molecule has 2 atom stereocenters. The molecule has 1 saturated heterocycles. The number of rotatable bonds is 11. The fourth-order valence-electron chi connectivity index (χ4n) is 3.26. The summed E-state index contributed by atoms with van der Waals surface area (Å²) in [7, 11) is -1.76. The number of sulfonamides is 1. The average Bonchev–Trinajstić information content (AvgIpc) is 3.24. The molecule has 8 heteroatoms. The molecule has 164 valence electrons. The largest absolute Gasteiger partial charge is 0.377 e. The Labute approximate surface area is 175 Å². The summed E-state index contributed by atoms with van der Waals surface area (Å²) in [6.07, 6.45) is 6.66. The van der Waals surface area contributed by atoms with Crippen molar-refractivity contribution in [3.63, 3.8) is 0 Å². The summed E-state index contributed by atoms with van der Waals surface area (Å²) >= 11 is 0. The Balaban J connectivity index is 1.81. The highest BCUT2D eigenvalue weighted by Crippen LogP contribution is 2.14. The summed E-state index contributed by atoms with van der Waals surface area (Å²) in [5.74, 6) is 0.754. The van der Waals surface area contributed by atoms with Gasteiger partial charge in [0.25, 0.3) is 0 Å². The minimum atomic E-state index is -3.51. The van der Waals surface area contributed by atoms with Crippen molar-refractivity contribution in [2.75, 3.05) is 20.2 Å². The van der Waals surface area contributed by atoms with Gasteiger partial charge in [-0.2, -0.15) is 0 Å². The predicted molar refractivity (Wildman–Crippen MR) is 118 cm³/mol. The van der Waals surface area contributed by atoms with Gasteiger partial charge < -0.3 is 15.4 Å². The number of guanidine groups is 1. The number of hydrogen-bond acceptors (Lipinski definition) is 4. The molecule has 2 rings (SSSR count). The lowest BCUT2D eigenvalue weighted by molar-refractivity contribution is 0.114. The maximum atomic E-state index is 12.4. The van der Waals surface area contributed by atoms with Crippen molar-refractivity contribution >= 4 is 16.0 Å². The van der Waals surface area contributed by atoms with Crippen molar-refractivity contribution in [3.05, 3.63) is 29.8 Å². The van der Waals surface area contributed by atoms with E-state index in [1.807, 2.05) is 12.1 Å². The van der Waals surface area contributed by atoms with Crippen molar-refractivity contribution in [2.45, 2.75) is 76.0 Å². The van der Waals surface area contributed by atoms with E-state index in [0.29, 0.717) is 25.7 Å². The van der Waals surface area contributed by atoms with Crippen LogP contribution in [0.15, 0.2) is 34.2 Å². The quantitative estimate of drug-likeness (QED) is 0.289. The first kappa shape index (κ1) is 23.6. The highest BCUT2D eigenvalue weighted by molar-refractivity contribution is 7.89. The first-order chi connectivity index (χ1) is 13.9. The third-order valence-corrected chi connectivity index (χ3v) is 6.51. The number of nitrogens with zero attached hydrogens (tertiary/aromatic N) is 1. The van der Waals surface area contributed by atoms with E-state index >= 15 is 0 Å². The molecule has 0 aromatic heterocycles. The fourth-order valence-corrected chi connectivity index (χ4v) is 4.33. The van der Waals surface area contributed by atoms with Crippen LogP contribution in [0.2, 0.25) is 0 Å². The molecule has 0 spiro atoms. The van der Waals surface area contributed by atoms with Crippen LogP contribution < -0.4 is 15.4 Å². The summed E-state index contributed by atoms with van der Waals surface area (Å²) in [5.41, 5.74) is 0.990. The summed E-state index contributed by atoms with van der Waals surface area (Å²) in [4.78, 5) is 4.54. The summed E-state index contributed by atoms with van der Waals surface area (Å²) in [5, 5.41) is 6.68. The second kappa shape index (κ2) is 12.1.